The number of rotatable bonds is 4. The SMILES string of the molecule is O=C(O)CCCN1C[C@@H]2CNCCN2C1=O. The number of carbonyl (C=O) groups excluding carboxylic acids is 1. The topological polar surface area (TPSA) is 72.9 Å². The van der Waals surface area contributed by atoms with Gasteiger partial charge in [-0.2, -0.15) is 0 Å². The summed E-state index contributed by atoms with van der Waals surface area (Å²) in [4.78, 5) is 25.9. The molecule has 2 fully saturated rings. The molecule has 2 saturated heterocycles. The molecule has 16 heavy (non-hydrogen) atoms. The van der Waals surface area contributed by atoms with E-state index < -0.39 is 5.97 Å². The molecule has 0 aromatic carbocycles. The molecular weight excluding hydrogens is 210 g/mol. The third-order valence-electron chi connectivity index (χ3n) is 3.12. The number of urea groups is 1. The molecule has 6 heteroatoms. The maximum Gasteiger partial charge on any atom is 0.320 e. The Kier molecular flexibility index (Phi) is 3.28. The molecule has 2 heterocycles. The van der Waals surface area contributed by atoms with Crippen molar-refractivity contribution in [2.45, 2.75) is 18.9 Å². The lowest BCUT2D eigenvalue weighted by molar-refractivity contribution is -0.137. The largest absolute Gasteiger partial charge is 0.481 e. The zero-order chi connectivity index (χ0) is 11.5. The van der Waals surface area contributed by atoms with Gasteiger partial charge in [-0.3, -0.25) is 4.79 Å². The Bertz CT molecular complexity index is 295. The number of piperazine rings is 1. The molecule has 6 nitrogen and oxygen atoms in total. The Morgan fingerprint density at radius 3 is 3.06 bits per heavy atom. The van der Waals surface area contributed by atoms with Crippen LogP contribution in [-0.4, -0.2) is 65.7 Å². The summed E-state index contributed by atoms with van der Waals surface area (Å²) in [5.74, 6) is -0.800. The fourth-order valence-corrected chi connectivity index (χ4v) is 2.30. The van der Waals surface area contributed by atoms with E-state index in [0.29, 0.717) is 13.0 Å². The van der Waals surface area contributed by atoms with Gasteiger partial charge in [0.25, 0.3) is 0 Å². The van der Waals surface area contributed by atoms with Crippen molar-refractivity contribution in [2.75, 3.05) is 32.7 Å². The molecular formula is C10H17N3O3. The number of hydrogen-bond acceptors (Lipinski definition) is 3. The molecule has 90 valence electrons. The highest BCUT2D eigenvalue weighted by molar-refractivity contribution is 5.77. The van der Waals surface area contributed by atoms with Crippen LogP contribution in [-0.2, 0) is 4.79 Å². The molecule has 1 atom stereocenters. The molecule has 2 amide bonds. The van der Waals surface area contributed by atoms with Gasteiger partial charge in [0.1, 0.15) is 0 Å². The van der Waals surface area contributed by atoms with E-state index in [4.69, 9.17) is 5.11 Å². The quantitative estimate of drug-likeness (QED) is 0.683. The minimum atomic E-state index is -0.800. The third-order valence-corrected chi connectivity index (χ3v) is 3.12. The summed E-state index contributed by atoms with van der Waals surface area (Å²) in [7, 11) is 0. The predicted molar refractivity (Wildman–Crippen MR) is 57.2 cm³/mol. The van der Waals surface area contributed by atoms with Gasteiger partial charge in [-0.1, -0.05) is 0 Å². The fraction of sp³-hybridized carbons (Fsp3) is 0.800. The first-order valence-corrected chi connectivity index (χ1v) is 5.66. The molecule has 0 aromatic rings. The number of carboxylic acid groups (broad SMARTS) is 1. The van der Waals surface area contributed by atoms with Gasteiger partial charge in [0.2, 0.25) is 0 Å². The van der Waals surface area contributed by atoms with Gasteiger partial charge < -0.3 is 20.2 Å². The molecule has 2 rings (SSSR count). The smallest absolute Gasteiger partial charge is 0.320 e. The molecule has 2 aliphatic rings. The molecule has 0 spiro atoms. The van der Waals surface area contributed by atoms with E-state index in [1.807, 2.05) is 4.90 Å². The zero-order valence-corrected chi connectivity index (χ0v) is 9.19. The Morgan fingerprint density at radius 1 is 1.56 bits per heavy atom. The fourth-order valence-electron chi connectivity index (χ4n) is 2.30. The van der Waals surface area contributed by atoms with Crippen LogP contribution in [0.15, 0.2) is 0 Å². The predicted octanol–water partition coefficient (Wildman–Crippen LogP) is -0.439. The van der Waals surface area contributed by atoms with Crippen molar-refractivity contribution in [1.82, 2.24) is 15.1 Å². The minimum Gasteiger partial charge on any atom is -0.481 e. The Morgan fingerprint density at radius 2 is 2.38 bits per heavy atom. The molecule has 0 radical (unpaired) electrons. The Labute approximate surface area is 94.2 Å². The van der Waals surface area contributed by atoms with E-state index in [-0.39, 0.29) is 18.5 Å². The van der Waals surface area contributed by atoms with E-state index in [1.54, 1.807) is 4.90 Å². The van der Waals surface area contributed by atoms with Crippen LogP contribution in [0.2, 0.25) is 0 Å². The average Bonchev–Trinajstić information content (AvgIpc) is 2.56. The summed E-state index contributed by atoms with van der Waals surface area (Å²) in [5.41, 5.74) is 0. The second-order valence-electron chi connectivity index (χ2n) is 4.28. The highest BCUT2D eigenvalue weighted by atomic mass is 16.4. The highest BCUT2D eigenvalue weighted by Gasteiger charge is 2.37. The molecule has 0 bridgehead atoms. The lowest BCUT2D eigenvalue weighted by Gasteiger charge is -2.28. The van der Waals surface area contributed by atoms with Gasteiger partial charge in [0, 0.05) is 39.1 Å². The Balaban J connectivity index is 1.83. The van der Waals surface area contributed by atoms with Crippen LogP contribution in [0.5, 0.6) is 0 Å². The number of aliphatic carboxylic acids is 1. The van der Waals surface area contributed by atoms with Crippen LogP contribution < -0.4 is 5.32 Å². The van der Waals surface area contributed by atoms with Crippen LogP contribution >= 0.6 is 0 Å². The minimum absolute atomic E-state index is 0.0666. The standard InChI is InChI=1S/C10H17N3O3/c14-9(15)2-1-4-12-7-8-6-11-3-5-13(8)10(12)16/h8,11H,1-7H2,(H,14,15)/t8-/m0/s1. The second kappa shape index (κ2) is 4.69. The van der Waals surface area contributed by atoms with Gasteiger partial charge in [0.15, 0.2) is 0 Å². The van der Waals surface area contributed by atoms with Crippen molar-refractivity contribution in [3.05, 3.63) is 0 Å². The first kappa shape index (κ1) is 11.2. The van der Waals surface area contributed by atoms with Crippen molar-refractivity contribution in [3.63, 3.8) is 0 Å². The van der Waals surface area contributed by atoms with Crippen molar-refractivity contribution < 1.29 is 14.7 Å². The van der Waals surface area contributed by atoms with Crippen LogP contribution in [0.4, 0.5) is 4.79 Å². The number of amides is 2. The molecule has 0 saturated carbocycles. The summed E-state index contributed by atoms with van der Waals surface area (Å²) in [6, 6.07) is 0.336. The summed E-state index contributed by atoms with van der Waals surface area (Å²) in [5, 5.41) is 11.8. The number of hydrogen-bond donors (Lipinski definition) is 2. The van der Waals surface area contributed by atoms with Crippen LogP contribution in [0, 0.1) is 0 Å². The number of nitrogens with one attached hydrogen (secondary N) is 1. The summed E-state index contributed by atoms with van der Waals surface area (Å²) >= 11 is 0. The average molecular weight is 227 g/mol. The second-order valence-corrected chi connectivity index (χ2v) is 4.28. The summed E-state index contributed by atoms with van der Waals surface area (Å²) in [6.07, 6.45) is 0.668. The number of nitrogens with zero attached hydrogens (tertiary/aromatic N) is 2. The van der Waals surface area contributed by atoms with Gasteiger partial charge in [-0.25, -0.2) is 4.79 Å². The molecule has 2 aliphatic heterocycles. The number of carboxylic acids is 1. The monoisotopic (exact) mass is 227 g/mol. The van der Waals surface area contributed by atoms with Crippen molar-refractivity contribution in [2.24, 2.45) is 0 Å². The molecule has 0 aromatic heterocycles. The van der Waals surface area contributed by atoms with Crippen molar-refractivity contribution >= 4 is 12.0 Å². The van der Waals surface area contributed by atoms with Gasteiger partial charge >= 0.3 is 12.0 Å². The van der Waals surface area contributed by atoms with Crippen LogP contribution in [0.25, 0.3) is 0 Å². The third kappa shape index (κ3) is 2.27. The first-order chi connectivity index (χ1) is 7.68. The Hall–Kier alpha value is -1.30. The summed E-state index contributed by atoms with van der Waals surface area (Å²) in [6.45, 7) is 3.74. The van der Waals surface area contributed by atoms with E-state index in [2.05, 4.69) is 5.32 Å². The normalized spacial score (nSPS) is 24.8. The van der Waals surface area contributed by atoms with Crippen molar-refractivity contribution in [1.29, 1.82) is 0 Å². The van der Waals surface area contributed by atoms with Gasteiger partial charge in [-0.15, -0.1) is 0 Å². The lowest BCUT2D eigenvalue weighted by Crippen LogP contribution is -2.49. The van der Waals surface area contributed by atoms with Gasteiger partial charge in [0.05, 0.1) is 6.04 Å². The van der Waals surface area contributed by atoms with E-state index in [9.17, 15) is 9.59 Å². The zero-order valence-electron chi connectivity index (χ0n) is 9.19. The molecule has 2 N–H and O–H groups in total. The number of fused-ring (bicyclic) bond motifs is 1. The maximum atomic E-state index is 11.9. The molecule has 0 unspecified atom stereocenters. The number of carbonyl (C=O) groups is 2. The van der Waals surface area contributed by atoms with Crippen LogP contribution in [0.1, 0.15) is 12.8 Å². The lowest BCUT2D eigenvalue weighted by atomic mass is 10.2. The summed E-state index contributed by atoms with van der Waals surface area (Å²) < 4.78 is 0. The highest BCUT2D eigenvalue weighted by Crippen LogP contribution is 2.17. The van der Waals surface area contributed by atoms with Crippen LogP contribution in [0.3, 0.4) is 0 Å². The molecule has 0 aliphatic carbocycles. The van der Waals surface area contributed by atoms with E-state index >= 15 is 0 Å². The van der Waals surface area contributed by atoms with Crippen molar-refractivity contribution in [3.8, 4) is 0 Å². The van der Waals surface area contributed by atoms with Gasteiger partial charge in [-0.05, 0) is 6.42 Å². The van der Waals surface area contributed by atoms with E-state index in [0.717, 1.165) is 26.2 Å². The first-order valence-electron chi connectivity index (χ1n) is 5.66. The van der Waals surface area contributed by atoms with E-state index in [1.165, 1.54) is 0 Å². The maximum absolute atomic E-state index is 11.9.